The van der Waals surface area contributed by atoms with E-state index in [0.29, 0.717) is 5.56 Å². The van der Waals surface area contributed by atoms with Gasteiger partial charge in [0.05, 0.1) is 0 Å². The quantitative estimate of drug-likeness (QED) is 0.671. The van der Waals surface area contributed by atoms with Crippen molar-refractivity contribution in [1.82, 2.24) is 4.98 Å². The molecule has 70 valence electrons. The summed E-state index contributed by atoms with van der Waals surface area (Å²) < 4.78 is 35.9. The van der Waals surface area contributed by atoms with Crippen molar-refractivity contribution < 1.29 is 13.2 Å². The van der Waals surface area contributed by atoms with Crippen LogP contribution < -0.4 is 0 Å². The Bertz CT molecular complexity index is 294. The van der Waals surface area contributed by atoms with Crippen LogP contribution in [0.15, 0.2) is 23.5 Å². The van der Waals surface area contributed by atoms with Gasteiger partial charge in [-0.3, -0.25) is 4.98 Å². The van der Waals surface area contributed by atoms with E-state index in [1.165, 1.54) is 6.07 Å². The highest BCUT2D eigenvalue weighted by Gasteiger charge is 2.31. The number of halogens is 3. The highest BCUT2D eigenvalue weighted by atomic mass is 19.4. The van der Waals surface area contributed by atoms with Crippen LogP contribution >= 0.6 is 0 Å². The van der Waals surface area contributed by atoms with Crippen molar-refractivity contribution in [3.63, 3.8) is 0 Å². The summed E-state index contributed by atoms with van der Waals surface area (Å²) in [6.07, 6.45) is -3.45. The second kappa shape index (κ2) is 3.51. The van der Waals surface area contributed by atoms with Gasteiger partial charge in [0, 0.05) is 6.20 Å². The molecule has 1 aromatic rings. The van der Waals surface area contributed by atoms with Crippen molar-refractivity contribution in [2.24, 2.45) is 5.18 Å². The molecule has 0 amide bonds. The maximum absolute atomic E-state index is 12.0. The summed E-state index contributed by atoms with van der Waals surface area (Å²) >= 11 is 0. The van der Waals surface area contributed by atoms with Gasteiger partial charge in [0.1, 0.15) is 12.2 Å². The van der Waals surface area contributed by atoms with Gasteiger partial charge in [-0.15, -0.1) is 0 Å². The van der Waals surface area contributed by atoms with Crippen molar-refractivity contribution in [2.75, 3.05) is 0 Å². The molecule has 0 fully saturated rings. The third-order valence-corrected chi connectivity index (χ3v) is 1.36. The standard InChI is InChI=1S/C7H5F3N2O/c8-7(9,10)6-2-1-5(3-11-6)4-12-13/h1-3H,4H2. The number of hydrogen-bond acceptors (Lipinski definition) is 3. The molecule has 0 aliphatic carbocycles. The van der Waals surface area contributed by atoms with Crippen LogP contribution in [0.3, 0.4) is 0 Å². The first kappa shape index (κ1) is 9.63. The molecule has 1 rings (SSSR count). The molecule has 0 aliphatic rings. The van der Waals surface area contributed by atoms with Gasteiger partial charge in [0.2, 0.25) is 0 Å². The summed E-state index contributed by atoms with van der Waals surface area (Å²) in [4.78, 5) is 12.9. The fourth-order valence-corrected chi connectivity index (χ4v) is 0.760. The molecule has 0 N–H and O–H groups in total. The van der Waals surface area contributed by atoms with Crippen LogP contribution in [-0.2, 0) is 12.7 Å². The van der Waals surface area contributed by atoms with Gasteiger partial charge in [0.25, 0.3) is 0 Å². The maximum atomic E-state index is 12.0. The number of rotatable bonds is 2. The van der Waals surface area contributed by atoms with E-state index in [0.717, 1.165) is 12.3 Å². The lowest BCUT2D eigenvalue weighted by Gasteiger charge is -2.04. The summed E-state index contributed by atoms with van der Waals surface area (Å²) in [5, 5.41) is 2.53. The van der Waals surface area contributed by atoms with E-state index in [9.17, 15) is 18.1 Å². The number of nitrogens with zero attached hydrogens (tertiary/aromatic N) is 2. The van der Waals surface area contributed by atoms with Gasteiger partial charge in [-0.1, -0.05) is 11.2 Å². The lowest BCUT2D eigenvalue weighted by molar-refractivity contribution is -0.141. The van der Waals surface area contributed by atoms with Crippen LogP contribution in [0.2, 0.25) is 0 Å². The van der Waals surface area contributed by atoms with Gasteiger partial charge < -0.3 is 0 Å². The first-order chi connectivity index (χ1) is 6.04. The number of alkyl halides is 3. The van der Waals surface area contributed by atoms with E-state index in [2.05, 4.69) is 10.2 Å². The zero-order chi connectivity index (χ0) is 9.90. The molecule has 0 radical (unpaired) electrons. The molecule has 0 aromatic carbocycles. The Balaban J connectivity index is 2.87. The van der Waals surface area contributed by atoms with Crippen molar-refractivity contribution >= 4 is 0 Å². The average Bonchev–Trinajstić information content (AvgIpc) is 2.04. The third-order valence-electron chi connectivity index (χ3n) is 1.36. The minimum Gasteiger partial charge on any atom is -0.251 e. The fraction of sp³-hybridized carbons (Fsp3) is 0.286. The monoisotopic (exact) mass is 190 g/mol. The predicted octanol–water partition coefficient (Wildman–Crippen LogP) is 2.37. The van der Waals surface area contributed by atoms with Crippen molar-refractivity contribution in [1.29, 1.82) is 0 Å². The summed E-state index contributed by atoms with van der Waals surface area (Å²) in [5.41, 5.74) is -0.606. The Kier molecular flexibility index (Phi) is 2.60. The van der Waals surface area contributed by atoms with Crippen LogP contribution in [0.5, 0.6) is 0 Å². The molecule has 0 spiro atoms. The first-order valence-electron chi connectivity index (χ1n) is 3.35. The predicted molar refractivity (Wildman–Crippen MR) is 38.7 cm³/mol. The molecule has 0 saturated heterocycles. The van der Waals surface area contributed by atoms with Gasteiger partial charge >= 0.3 is 6.18 Å². The lowest BCUT2D eigenvalue weighted by atomic mass is 10.2. The molecule has 1 heterocycles. The van der Waals surface area contributed by atoms with Gasteiger partial charge in [0.15, 0.2) is 0 Å². The molecule has 3 nitrogen and oxygen atoms in total. The van der Waals surface area contributed by atoms with E-state index >= 15 is 0 Å². The van der Waals surface area contributed by atoms with Crippen LogP contribution in [0, 0.1) is 4.91 Å². The molecule has 0 bridgehead atoms. The Morgan fingerprint density at radius 3 is 2.46 bits per heavy atom. The Labute approximate surface area is 71.6 Å². The first-order valence-corrected chi connectivity index (χ1v) is 3.35. The number of hydrogen-bond donors (Lipinski definition) is 0. The van der Waals surface area contributed by atoms with E-state index in [-0.39, 0.29) is 6.54 Å². The fourth-order valence-electron chi connectivity index (χ4n) is 0.760. The number of nitroso groups, excluding NO2 is 1. The second-order valence-corrected chi connectivity index (χ2v) is 2.34. The molecule has 0 unspecified atom stereocenters. The zero-order valence-electron chi connectivity index (χ0n) is 6.38. The van der Waals surface area contributed by atoms with E-state index in [1.54, 1.807) is 0 Å². The molecule has 0 saturated carbocycles. The van der Waals surface area contributed by atoms with E-state index < -0.39 is 11.9 Å². The summed E-state index contributed by atoms with van der Waals surface area (Å²) in [5.74, 6) is 0. The normalized spacial score (nSPS) is 11.3. The Morgan fingerprint density at radius 1 is 1.38 bits per heavy atom. The van der Waals surface area contributed by atoms with Crippen LogP contribution in [0.1, 0.15) is 11.3 Å². The number of pyridine rings is 1. The van der Waals surface area contributed by atoms with Crippen LogP contribution in [-0.4, -0.2) is 4.98 Å². The zero-order valence-corrected chi connectivity index (χ0v) is 6.38. The van der Waals surface area contributed by atoms with Crippen molar-refractivity contribution in [3.8, 4) is 0 Å². The Morgan fingerprint density at radius 2 is 2.08 bits per heavy atom. The second-order valence-electron chi connectivity index (χ2n) is 2.34. The summed E-state index contributed by atoms with van der Waals surface area (Å²) in [6, 6.07) is 2.00. The third kappa shape index (κ3) is 2.50. The lowest BCUT2D eigenvalue weighted by Crippen LogP contribution is -2.07. The molecule has 1 aromatic heterocycles. The van der Waals surface area contributed by atoms with E-state index in [1.807, 2.05) is 0 Å². The SMILES string of the molecule is O=NCc1ccc(C(F)(F)F)nc1. The van der Waals surface area contributed by atoms with Crippen LogP contribution in [0.25, 0.3) is 0 Å². The molecule has 0 aliphatic heterocycles. The largest absolute Gasteiger partial charge is 0.433 e. The average molecular weight is 190 g/mol. The summed E-state index contributed by atoms with van der Waals surface area (Å²) in [6.45, 7) is -0.162. The molecular weight excluding hydrogens is 185 g/mol. The van der Waals surface area contributed by atoms with E-state index in [4.69, 9.17) is 0 Å². The number of aromatic nitrogens is 1. The minimum absolute atomic E-state index is 0.162. The van der Waals surface area contributed by atoms with Gasteiger partial charge in [-0.25, -0.2) is 0 Å². The molecule has 13 heavy (non-hydrogen) atoms. The smallest absolute Gasteiger partial charge is 0.251 e. The molecule has 0 atom stereocenters. The van der Waals surface area contributed by atoms with Crippen molar-refractivity contribution in [3.05, 3.63) is 34.5 Å². The van der Waals surface area contributed by atoms with Gasteiger partial charge in [-0.05, 0) is 11.6 Å². The molecule has 6 heteroatoms. The molecular formula is C7H5F3N2O. The summed E-state index contributed by atoms with van der Waals surface area (Å²) in [7, 11) is 0. The maximum Gasteiger partial charge on any atom is 0.433 e. The highest BCUT2D eigenvalue weighted by molar-refractivity contribution is 5.15. The topological polar surface area (TPSA) is 42.3 Å². The minimum atomic E-state index is -4.44. The van der Waals surface area contributed by atoms with Gasteiger partial charge in [-0.2, -0.15) is 18.1 Å². The Hall–Kier alpha value is -1.46. The van der Waals surface area contributed by atoms with Crippen molar-refractivity contribution in [2.45, 2.75) is 12.7 Å². The van der Waals surface area contributed by atoms with Crippen LogP contribution in [0.4, 0.5) is 13.2 Å². The highest BCUT2D eigenvalue weighted by Crippen LogP contribution is 2.27.